The SMILES string of the molecule is Nc1ncc2nc(Cl)n(Cc3ccc([N+](=O)[O-])cc3)c2n1. The second-order valence-electron chi connectivity index (χ2n) is 4.33. The number of nitrogens with two attached hydrogens (primary N) is 1. The number of imidazole rings is 1. The second-order valence-corrected chi connectivity index (χ2v) is 4.67. The summed E-state index contributed by atoms with van der Waals surface area (Å²) < 4.78 is 1.66. The number of aromatic nitrogens is 4. The van der Waals surface area contributed by atoms with Gasteiger partial charge in [-0.1, -0.05) is 12.1 Å². The first-order valence-corrected chi connectivity index (χ1v) is 6.30. The molecule has 3 rings (SSSR count). The van der Waals surface area contributed by atoms with Gasteiger partial charge in [0.2, 0.25) is 11.2 Å². The molecule has 0 unspecified atom stereocenters. The zero-order valence-electron chi connectivity index (χ0n) is 10.6. The van der Waals surface area contributed by atoms with Gasteiger partial charge < -0.3 is 5.73 Å². The van der Waals surface area contributed by atoms with Crippen LogP contribution in [0, 0.1) is 10.1 Å². The van der Waals surface area contributed by atoms with Crippen molar-refractivity contribution >= 4 is 34.4 Å². The molecule has 2 heterocycles. The molecule has 0 amide bonds. The molecule has 8 nitrogen and oxygen atoms in total. The number of benzene rings is 1. The minimum atomic E-state index is -0.447. The van der Waals surface area contributed by atoms with E-state index in [0.29, 0.717) is 17.7 Å². The molecule has 0 saturated heterocycles. The highest BCUT2D eigenvalue weighted by Gasteiger charge is 2.12. The number of non-ortho nitro benzene ring substituents is 1. The van der Waals surface area contributed by atoms with Gasteiger partial charge in [-0.05, 0) is 17.2 Å². The van der Waals surface area contributed by atoms with Crippen molar-refractivity contribution in [2.45, 2.75) is 6.54 Å². The molecule has 0 atom stereocenters. The molecule has 0 aliphatic rings. The molecule has 3 aromatic rings. The fraction of sp³-hybridized carbons (Fsp3) is 0.0833. The predicted molar refractivity (Wildman–Crippen MR) is 76.9 cm³/mol. The standard InChI is InChI=1S/C12H9ClN6O2/c13-11-16-9-5-15-12(14)17-10(9)18(11)6-7-1-3-8(4-2-7)19(20)21/h1-5H,6H2,(H2,14,15,17). The summed E-state index contributed by atoms with van der Waals surface area (Å²) >= 11 is 6.09. The molecule has 1 aromatic carbocycles. The van der Waals surface area contributed by atoms with Gasteiger partial charge >= 0.3 is 0 Å². The van der Waals surface area contributed by atoms with Gasteiger partial charge in [-0.15, -0.1) is 0 Å². The Labute approximate surface area is 123 Å². The number of halogens is 1. The monoisotopic (exact) mass is 304 g/mol. The Hall–Kier alpha value is -2.74. The van der Waals surface area contributed by atoms with Gasteiger partial charge in [-0.25, -0.2) is 9.97 Å². The van der Waals surface area contributed by atoms with Crippen molar-refractivity contribution in [1.82, 2.24) is 19.5 Å². The lowest BCUT2D eigenvalue weighted by molar-refractivity contribution is -0.384. The smallest absolute Gasteiger partial charge is 0.269 e. The van der Waals surface area contributed by atoms with Crippen molar-refractivity contribution in [1.29, 1.82) is 0 Å². The molecule has 0 radical (unpaired) electrons. The zero-order valence-corrected chi connectivity index (χ0v) is 11.4. The van der Waals surface area contributed by atoms with E-state index in [1.54, 1.807) is 16.7 Å². The fourth-order valence-corrected chi connectivity index (χ4v) is 2.18. The van der Waals surface area contributed by atoms with Gasteiger partial charge in [0.25, 0.3) is 5.69 Å². The average molecular weight is 305 g/mol. The van der Waals surface area contributed by atoms with Gasteiger partial charge in [0, 0.05) is 12.1 Å². The number of nitrogen functional groups attached to an aromatic ring is 1. The van der Waals surface area contributed by atoms with E-state index in [2.05, 4.69) is 15.0 Å². The van der Waals surface area contributed by atoms with Crippen LogP contribution in [0.15, 0.2) is 30.5 Å². The quantitative estimate of drug-likeness (QED) is 0.450. The Bertz CT molecular complexity index is 830. The Morgan fingerprint density at radius 3 is 2.67 bits per heavy atom. The van der Waals surface area contributed by atoms with Crippen LogP contribution in [-0.4, -0.2) is 24.4 Å². The van der Waals surface area contributed by atoms with Crippen LogP contribution in [-0.2, 0) is 6.54 Å². The molecule has 21 heavy (non-hydrogen) atoms. The number of anilines is 1. The van der Waals surface area contributed by atoms with Gasteiger partial charge in [-0.2, -0.15) is 4.98 Å². The van der Waals surface area contributed by atoms with E-state index in [-0.39, 0.29) is 16.9 Å². The highest BCUT2D eigenvalue weighted by Crippen LogP contribution is 2.20. The van der Waals surface area contributed by atoms with Crippen LogP contribution in [0.5, 0.6) is 0 Å². The summed E-state index contributed by atoms with van der Waals surface area (Å²) in [6, 6.07) is 6.19. The van der Waals surface area contributed by atoms with E-state index in [1.165, 1.54) is 18.3 Å². The van der Waals surface area contributed by atoms with Crippen LogP contribution in [0.1, 0.15) is 5.56 Å². The Morgan fingerprint density at radius 2 is 2.00 bits per heavy atom. The van der Waals surface area contributed by atoms with Gasteiger partial charge in [0.1, 0.15) is 5.52 Å². The topological polar surface area (TPSA) is 113 Å². The van der Waals surface area contributed by atoms with Crippen molar-refractivity contribution in [3.05, 3.63) is 51.4 Å². The van der Waals surface area contributed by atoms with Crippen LogP contribution >= 0.6 is 11.6 Å². The Kier molecular flexibility index (Phi) is 3.15. The molecule has 0 aliphatic carbocycles. The lowest BCUT2D eigenvalue weighted by atomic mass is 10.2. The predicted octanol–water partition coefficient (Wildman–Crippen LogP) is 2.02. The molecule has 9 heteroatoms. The third kappa shape index (κ3) is 2.48. The lowest BCUT2D eigenvalue weighted by Gasteiger charge is -2.05. The third-order valence-corrected chi connectivity index (χ3v) is 3.24. The van der Waals surface area contributed by atoms with E-state index in [4.69, 9.17) is 17.3 Å². The van der Waals surface area contributed by atoms with Crippen LogP contribution in [0.2, 0.25) is 5.28 Å². The normalized spacial score (nSPS) is 10.9. The highest BCUT2D eigenvalue weighted by molar-refractivity contribution is 6.29. The van der Waals surface area contributed by atoms with Gasteiger partial charge in [0.05, 0.1) is 17.7 Å². The number of nitro benzene ring substituents is 1. The maximum Gasteiger partial charge on any atom is 0.269 e. The van der Waals surface area contributed by atoms with Crippen LogP contribution < -0.4 is 5.73 Å². The number of nitro groups is 1. The molecule has 0 fully saturated rings. The molecular weight excluding hydrogens is 296 g/mol. The minimum Gasteiger partial charge on any atom is -0.368 e. The van der Waals surface area contributed by atoms with Crippen molar-refractivity contribution in [3.8, 4) is 0 Å². The highest BCUT2D eigenvalue weighted by atomic mass is 35.5. The second kappa shape index (κ2) is 4.98. The van der Waals surface area contributed by atoms with E-state index >= 15 is 0 Å². The maximum atomic E-state index is 10.6. The molecular formula is C12H9ClN6O2. The van der Waals surface area contributed by atoms with Crippen molar-refractivity contribution in [2.75, 3.05) is 5.73 Å². The van der Waals surface area contributed by atoms with E-state index in [9.17, 15) is 10.1 Å². The summed E-state index contributed by atoms with van der Waals surface area (Å²) in [5, 5.41) is 10.9. The molecule has 106 valence electrons. The molecule has 2 aromatic heterocycles. The van der Waals surface area contributed by atoms with Crippen molar-refractivity contribution in [2.24, 2.45) is 0 Å². The summed E-state index contributed by atoms with van der Waals surface area (Å²) in [6.07, 6.45) is 1.50. The summed E-state index contributed by atoms with van der Waals surface area (Å²) in [5.74, 6) is 0.129. The zero-order chi connectivity index (χ0) is 15.0. The molecule has 0 aliphatic heterocycles. The van der Waals surface area contributed by atoms with E-state index < -0.39 is 4.92 Å². The van der Waals surface area contributed by atoms with E-state index in [1.807, 2.05) is 0 Å². The Morgan fingerprint density at radius 1 is 1.29 bits per heavy atom. The summed E-state index contributed by atoms with van der Waals surface area (Å²) in [7, 11) is 0. The van der Waals surface area contributed by atoms with E-state index in [0.717, 1.165) is 5.56 Å². The first-order valence-electron chi connectivity index (χ1n) is 5.92. The third-order valence-electron chi connectivity index (χ3n) is 2.95. The number of hydrogen-bond donors (Lipinski definition) is 1. The van der Waals surface area contributed by atoms with Crippen molar-refractivity contribution < 1.29 is 4.92 Å². The summed E-state index contributed by atoms with van der Waals surface area (Å²) in [5.41, 5.74) is 7.49. The summed E-state index contributed by atoms with van der Waals surface area (Å²) in [6.45, 7) is 0.379. The molecule has 0 spiro atoms. The number of nitrogens with zero attached hydrogens (tertiary/aromatic N) is 5. The molecule has 2 N–H and O–H groups in total. The average Bonchev–Trinajstić information content (AvgIpc) is 2.76. The van der Waals surface area contributed by atoms with Gasteiger partial charge in [-0.3, -0.25) is 14.7 Å². The molecule has 0 saturated carbocycles. The van der Waals surface area contributed by atoms with Crippen LogP contribution in [0.25, 0.3) is 11.2 Å². The maximum absolute atomic E-state index is 10.6. The molecule has 0 bridgehead atoms. The minimum absolute atomic E-state index is 0.0342. The van der Waals surface area contributed by atoms with Crippen LogP contribution in [0.3, 0.4) is 0 Å². The number of fused-ring (bicyclic) bond motifs is 1. The van der Waals surface area contributed by atoms with Gasteiger partial charge in [0.15, 0.2) is 5.65 Å². The van der Waals surface area contributed by atoms with Crippen molar-refractivity contribution in [3.63, 3.8) is 0 Å². The largest absolute Gasteiger partial charge is 0.368 e. The first kappa shape index (κ1) is 13.3. The van der Waals surface area contributed by atoms with Crippen LogP contribution in [0.4, 0.5) is 11.6 Å². The number of rotatable bonds is 3. The Balaban J connectivity index is 1.99. The fourth-order valence-electron chi connectivity index (χ4n) is 1.95. The number of hydrogen-bond acceptors (Lipinski definition) is 6. The summed E-state index contributed by atoms with van der Waals surface area (Å²) in [4.78, 5) is 22.3. The first-order chi connectivity index (χ1) is 10.0. The lowest BCUT2D eigenvalue weighted by Crippen LogP contribution is -2.03.